The molecule has 0 aliphatic heterocycles. The highest BCUT2D eigenvalue weighted by molar-refractivity contribution is 7.99. The van der Waals surface area contributed by atoms with Crippen molar-refractivity contribution in [2.75, 3.05) is 6.54 Å². The second kappa shape index (κ2) is 6.77. The Kier molecular flexibility index (Phi) is 4.77. The number of tetrazole rings is 1. The van der Waals surface area contributed by atoms with E-state index in [1.807, 2.05) is 16.8 Å². The monoisotopic (exact) mass is 323 g/mol. The van der Waals surface area contributed by atoms with Crippen molar-refractivity contribution in [1.82, 2.24) is 20.2 Å². The van der Waals surface area contributed by atoms with Crippen LogP contribution in [0.1, 0.15) is 37.3 Å². The molecule has 3 rings (SSSR count). The van der Waals surface area contributed by atoms with Gasteiger partial charge in [-0.05, 0) is 65.7 Å². The van der Waals surface area contributed by atoms with Gasteiger partial charge in [-0.25, -0.2) is 4.68 Å². The number of halogens is 1. The molecule has 0 saturated heterocycles. The minimum absolute atomic E-state index is 0.429. The molecule has 0 unspecified atom stereocenters. The molecule has 0 spiro atoms. The van der Waals surface area contributed by atoms with E-state index in [9.17, 15) is 0 Å². The predicted octanol–water partition coefficient (Wildman–Crippen LogP) is 3.09. The van der Waals surface area contributed by atoms with Crippen LogP contribution in [-0.4, -0.2) is 26.8 Å². The van der Waals surface area contributed by atoms with Crippen LogP contribution in [0.4, 0.5) is 0 Å². The molecular weight excluding hydrogens is 306 g/mol. The fraction of sp³-hybridized carbons (Fsp3) is 0.500. The van der Waals surface area contributed by atoms with E-state index < -0.39 is 0 Å². The molecule has 2 aromatic rings. The SMILES string of the molecule is NCCc1ccc(Sc2nnnn2C2CCCC2)c(Cl)c1. The largest absolute Gasteiger partial charge is 0.330 e. The van der Waals surface area contributed by atoms with Gasteiger partial charge in [0.2, 0.25) is 5.16 Å². The number of hydrogen-bond donors (Lipinski definition) is 1. The van der Waals surface area contributed by atoms with Gasteiger partial charge in [-0.1, -0.05) is 30.5 Å². The molecule has 7 heteroatoms. The van der Waals surface area contributed by atoms with E-state index in [2.05, 4.69) is 21.6 Å². The number of nitrogens with zero attached hydrogens (tertiary/aromatic N) is 4. The van der Waals surface area contributed by atoms with Gasteiger partial charge in [-0.2, -0.15) is 0 Å². The zero-order valence-corrected chi connectivity index (χ0v) is 13.3. The van der Waals surface area contributed by atoms with E-state index in [0.717, 1.165) is 39.9 Å². The number of rotatable bonds is 5. The van der Waals surface area contributed by atoms with Crippen molar-refractivity contribution in [3.63, 3.8) is 0 Å². The summed E-state index contributed by atoms with van der Waals surface area (Å²) in [5.74, 6) is 0. The van der Waals surface area contributed by atoms with Crippen LogP contribution in [0.25, 0.3) is 0 Å². The van der Waals surface area contributed by atoms with Crippen molar-refractivity contribution in [3.05, 3.63) is 28.8 Å². The third-order valence-electron chi connectivity index (χ3n) is 3.76. The topological polar surface area (TPSA) is 69.6 Å². The first-order valence-electron chi connectivity index (χ1n) is 7.22. The second-order valence-electron chi connectivity index (χ2n) is 5.25. The van der Waals surface area contributed by atoms with Crippen molar-refractivity contribution in [2.24, 2.45) is 5.73 Å². The fourth-order valence-electron chi connectivity index (χ4n) is 2.68. The molecule has 1 aliphatic carbocycles. The van der Waals surface area contributed by atoms with Crippen LogP contribution in [0.2, 0.25) is 5.02 Å². The van der Waals surface area contributed by atoms with Crippen molar-refractivity contribution in [1.29, 1.82) is 0 Å². The molecule has 1 aromatic heterocycles. The Labute approximate surface area is 133 Å². The standard InChI is InChI=1S/C14H18ClN5S/c15-12-9-10(7-8-16)5-6-13(12)21-14-17-18-19-20(14)11-3-1-2-4-11/h5-6,9,11H,1-4,7-8,16H2. The quantitative estimate of drug-likeness (QED) is 0.915. The predicted molar refractivity (Wildman–Crippen MR) is 83.7 cm³/mol. The molecule has 112 valence electrons. The Morgan fingerprint density at radius 2 is 2.14 bits per heavy atom. The van der Waals surface area contributed by atoms with Gasteiger partial charge in [0.15, 0.2) is 0 Å². The highest BCUT2D eigenvalue weighted by Gasteiger charge is 2.22. The molecule has 1 aromatic carbocycles. The first-order valence-corrected chi connectivity index (χ1v) is 8.41. The molecule has 1 aliphatic rings. The van der Waals surface area contributed by atoms with Crippen LogP contribution in [0.15, 0.2) is 28.3 Å². The van der Waals surface area contributed by atoms with E-state index in [1.165, 1.54) is 24.6 Å². The normalized spacial score (nSPS) is 15.7. The van der Waals surface area contributed by atoms with Gasteiger partial charge < -0.3 is 5.73 Å². The molecule has 1 fully saturated rings. The maximum Gasteiger partial charge on any atom is 0.214 e. The fourth-order valence-corrected chi connectivity index (χ4v) is 3.84. The molecule has 0 atom stereocenters. The molecule has 0 radical (unpaired) electrons. The summed E-state index contributed by atoms with van der Waals surface area (Å²) in [5, 5.41) is 13.7. The first kappa shape index (κ1) is 14.8. The van der Waals surface area contributed by atoms with Gasteiger partial charge in [0.1, 0.15) is 0 Å². The molecular formula is C14H18ClN5S. The lowest BCUT2D eigenvalue weighted by Crippen LogP contribution is -2.08. The van der Waals surface area contributed by atoms with Gasteiger partial charge >= 0.3 is 0 Å². The van der Waals surface area contributed by atoms with E-state index in [0.29, 0.717) is 12.6 Å². The second-order valence-corrected chi connectivity index (χ2v) is 6.67. The van der Waals surface area contributed by atoms with Gasteiger partial charge in [0.05, 0.1) is 11.1 Å². The Balaban J connectivity index is 1.79. The van der Waals surface area contributed by atoms with Gasteiger partial charge in [-0.3, -0.25) is 0 Å². The maximum absolute atomic E-state index is 6.35. The van der Waals surface area contributed by atoms with Crippen LogP contribution in [0.5, 0.6) is 0 Å². The lowest BCUT2D eigenvalue weighted by atomic mass is 10.1. The zero-order chi connectivity index (χ0) is 14.7. The Hall–Kier alpha value is -1.11. The highest BCUT2D eigenvalue weighted by atomic mass is 35.5. The van der Waals surface area contributed by atoms with Crippen molar-refractivity contribution >= 4 is 23.4 Å². The summed E-state index contributed by atoms with van der Waals surface area (Å²) in [6.07, 6.45) is 5.65. The molecule has 5 nitrogen and oxygen atoms in total. The van der Waals surface area contributed by atoms with Crippen LogP contribution >= 0.6 is 23.4 Å². The van der Waals surface area contributed by atoms with Gasteiger partial charge in [0.25, 0.3) is 0 Å². The third kappa shape index (κ3) is 3.39. The first-order chi connectivity index (χ1) is 10.3. The van der Waals surface area contributed by atoms with Crippen LogP contribution in [0, 0.1) is 0 Å². The minimum Gasteiger partial charge on any atom is -0.330 e. The average molecular weight is 324 g/mol. The van der Waals surface area contributed by atoms with Gasteiger partial charge in [-0.15, -0.1) is 5.10 Å². The summed E-state index contributed by atoms with van der Waals surface area (Å²) in [4.78, 5) is 0.978. The molecule has 21 heavy (non-hydrogen) atoms. The zero-order valence-electron chi connectivity index (χ0n) is 11.7. The lowest BCUT2D eigenvalue weighted by Gasteiger charge is -2.11. The summed E-state index contributed by atoms with van der Waals surface area (Å²) in [6, 6.07) is 6.48. The van der Waals surface area contributed by atoms with E-state index in [-0.39, 0.29) is 0 Å². The summed E-state index contributed by atoms with van der Waals surface area (Å²) in [5.41, 5.74) is 6.72. The molecule has 0 amide bonds. The van der Waals surface area contributed by atoms with E-state index >= 15 is 0 Å². The Morgan fingerprint density at radius 1 is 1.33 bits per heavy atom. The smallest absolute Gasteiger partial charge is 0.214 e. The minimum atomic E-state index is 0.429. The maximum atomic E-state index is 6.35. The van der Waals surface area contributed by atoms with E-state index in [1.54, 1.807) is 0 Å². The summed E-state index contributed by atoms with van der Waals surface area (Å²) in [7, 11) is 0. The lowest BCUT2D eigenvalue weighted by molar-refractivity contribution is 0.423. The number of benzene rings is 1. The van der Waals surface area contributed by atoms with Crippen LogP contribution in [0.3, 0.4) is 0 Å². The highest BCUT2D eigenvalue weighted by Crippen LogP contribution is 2.36. The van der Waals surface area contributed by atoms with Crippen LogP contribution in [-0.2, 0) is 6.42 Å². The molecule has 2 N–H and O–H groups in total. The average Bonchev–Trinajstić information content (AvgIpc) is 3.13. The molecule has 1 heterocycles. The van der Waals surface area contributed by atoms with Gasteiger partial charge in [0, 0.05) is 4.90 Å². The number of aromatic nitrogens is 4. The summed E-state index contributed by atoms with van der Waals surface area (Å²) in [6.45, 7) is 0.628. The van der Waals surface area contributed by atoms with E-state index in [4.69, 9.17) is 17.3 Å². The van der Waals surface area contributed by atoms with Crippen molar-refractivity contribution in [3.8, 4) is 0 Å². The molecule has 0 bridgehead atoms. The third-order valence-corrected chi connectivity index (χ3v) is 5.22. The summed E-state index contributed by atoms with van der Waals surface area (Å²) >= 11 is 7.88. The van der Waals surface area contributed by atoms with Crippen LogP contribution < -0.4 is 5.73 Å². The number of nitrogens with two attached hydrogens (primary N) is 1. The summed E-state index contributed by atoms with van der Waals surface area (Å²) < 4.78 is 1.95. The molecule has 1 saturated carbocycles. The number of hydrogen-bond acceptors (Lipinski definition) is 5. The van der Waals surface area contributed by atoms with Crippen molar-refractivity contribution < 1.29 is 0 Å². The van der Waals surface area contributed by atoms with Crippen molar-refractivity contribution in [2.45, 2.75) is 48.2 Å². The Morgan fingerprint density at radius 3 is 2.86 bits per heavy atom. The Bertz CT molecular complexity index is 609.